The van der Waals surface area contributed by atoms with Gasteiger partial charge in [-0.3, -0.25) is 9.59 Å². The molecule has 1 aromatic heterocycles. The first-order chi connectivity index (χ1) is 13.6. The number of amides is 1. The van der Waals surface area contributed by atoms with Crippen LogP contribution in [0.3, 0.4) is 0 Å². The van der Waals surface area contributed by atoms with Gasteiger partial charge in [0.2, 0.25) is 5.91 Å². The van der Waals surface area contributed by atoms with Gasteiger partial charge >= 0.3 is 0 Å². The molecule has 2 aromatic rings. The van der Waals surface area contributed by atoms with Crippen LogP contribution in [0.4, 0.5) is 0 Å². The third-order valence-electron chi connectivity index (χ3n) is 5.16. The zero-order valence-corrected chi connectivity index (χ0v) is 17.2. The zero-order valence-electron chi connectivity index (χ0n) is 17.2. The van der Waals surface area contributed by atoms with E-state index >= 15 is 0 Å². The van der Waals surface area contributed by atoms with Gasteiger partial charge in [0.05, 0.1) is 16.9 Å². The highest BCUT2D eigenvalue weighted by Crippen LogP contribution is 2.20. The lowest BCUT2D eigenvalue weighted by atomic mass is 10.1. The summed E-state index contributed by atoms with van der Waals surface area (Å²) in [5.41, 5.74) is 6.07. The van der Waals surface area contributed by atoms with Gasteiger partial charge in [-0.1, -0.05) is 44.7 Å². The highest BCUT2D eigenvalue weighted by Gasteiger charge is 2.23. The fraction of sp³-hybridized carbons (Fsp3) is 0.591. The second-order valence-electron chi connectivity index (χ2n) is 7.39. The molecule has 0 bridgehead atoms. The molecular formula is C22H34N4O2. The number of nitrogens with zero attached hydrogens (tertiary/aromatic N) is 2. The summed E-state index contributed by atoms with van der Waals surface area (Å²) in [5.74, 6) is 0.685. The van der Waals surface area contributed by atoms with E-state index in [1.165, 1.54) is 0 Å². The molecule has 3 N–H and O–H groups in total. The molecule has 28 heavy (non-hydrogen) atoms. The third-order valence-corrected chi connectivity index (χ3v) is 5.16. The number of fused-ring (bicyclic) bond motifs is 1. The number of nitrogens with two attached hydrogens (primary N) is 1. The van der Waals surface area contributed by atoms with E-state index < -0.39 is 0 Å². The molecule has 0 radical (unpaired) electrons. The van der Waals surface area contributed by atoms with Gasteiger partial charge in [-0.25, -0.2) is 4.98 Å². The normalized spacial score (nSPS) is 12.2. The predicted octanol–water partition coefficient (Wildman–Crippen LogP) is 3.91. The van der Waals surface area contributed by atoms with Gasteiger partial charge < -0.3 is 15.6 Å². The van der Waals surface area contributed by atoms with Crippen LogP contribution in [0.15, 0.2) is 29.1 Å². The Balaban J connectivity index is 2.17. The number of aromatic amines is 1. The number of aromatic nitrogens is 2. The van der Waals surface area contributed by atoms with Crippen LogP contribution in [0.1, 0.15) is 77.1 Å². The van der Waals surface area contributed by atoms with Gasteiger partial charge in [0.25, 0.3) is 5.56 Å². The third kappa shape index (κ3) is 6.16. The van der Waals surface area contributed by atoms with Crippen molar-refractivity contribution in [2.45, 2.75) is 71.3 Å². The SMILES string of the molecule is CCCCCC(=O)N(CCCCCCN)[C@@H](C)c1nc2ccccc2c(=O)[nH]1. The van der Waals surface area contributed by atoms with Crippen LogP contribution in [0, 0.1) is 0 Å². The van der Waals surface area contributed by atoms with E-state index in [9.17, 15) is 9.59 Å². The van der Waals surface area contributed by atoms with E-state index in [0.29, 0.717) is 36.2 Å². The molecule has 0 spiro atoms. The summed E-state index contributed by atoms with van der Waals surface area (Å²) in [6.45, 7) is 5.46. The molecule has 0 saturated heterocycles. The van der Waals surface area contributed by atoms with E-state index in [-0.39, 0.29) is 17.5 Å². The molecule has 0 aliphatic rings. The van der Waals surface area contributed by atoms with Gasteiger partial charge in [-0.05, 0) is 44.9 Å². The van der Waals surface area contributed by atoms with Crippen molar-refractivity contribution in [3.05, 3.63) is 40.4 Å². The standard InChI is InChI=1S/C22H34N4O2/c1-3-4-7-14-20(27)26(16-11-6-5-10-15-23)17(2)21-24-19-13-9-8-12-18(19)22(28)25-21/h8-9,12-13,17H,3-7,10-11,14-16,23H2,1-2H3,(H,24,25,28)/t17-/m0/s1. The van der Waals surface area contributed by atoms with Gasteiger partial charge in [0.1, 0.15) is 5.82 Å². The number of nitrogens with one attached hydrogen (secondary N) is 1. The molecule has 154 valence electrons. The van der Waals surface area contributed by atoms with Crippen molar-refractivity contribution in [2.24, 2.45) is 5.73 Å². The van der Waals surface area contributed by atoms with Crippen molar-refractivity contribution in [2.75, 3.05) is 13.1 Å². The Bertz CT molecular complexity index is 802. The van der Waals surface area contributed by atoms with Crippen LogP contribution >= 0.6 is 0 Å². The predicted molar refractivity (Wildman–Crippen MR) is 114 cm³/mol. The fourth-order valence-electron chi connectivity index (χ4n) is 3.43. The largest absolute Gasteiger partial charge is 0.333 e. The number of benzene rings is 1. The Morgan fingerprint density at radius 1 is 1.14 bits per heavy atom. The molecule has 0 unspecified atom stereocenters. The maximum Gasteiger partial charge on any atom is 0.258 e. The van der Waals surface area contributed by atoms with E-state index in [2.05, 4.69) is 16.9 Å². The summed E-state index contributed by atoms with van der Waals surface area (Å²) < 4.78 is 0. The number of carbonyl (C=O) groups is 1. The molecule has 0 aliphatic carbocycles. The molecule has 6 heteroatoms. The zero-order chi connectivity index (χ0) is 20.4. The van der Waals surface area contributed by atoms with Crippen LogP contribution in [-0.2, 0) is 4.79 Å². The highest BCUT2D eigenvalue weighted by molar-refractivity contribution is 5.78. The highest BCUT2D eigenvalue weighted by atomic mass is 16.2. The first-order valence-electron chi connectivity index (χ1n) is 10.6. The molecule has 6 nitrogen and oxygen atoms in total. The Morgan fingerprint density at radius 3 is 2.64 bits per heavy atom. The first kappa shape index (κ1) is 22.1. The van der Waals surface area contributed by atoms with Crippen LogP contribution in [0.5, 0.6) is 0 Å². The lowest BCUT2D eigenvalue weighted by molar-refractivity contribution is -0.133. The van der Waals surface area contributed by atoms with Crippen molar-refractivity contribution in [1.82, 2.24) is 14.9 Å². The molecule has 2 rings (SSSR count). The van der Waals surface area contributed by atoms with Crippen LogP contribution in [-0.4, -0.2) is 33.9 Å². The van der Waals surface area contributed by atoms with E-state index in [0.717, 1.165) is 44.9 Å². The summed E-state index contributed by atoms with van der Waals surface area (Å²) in [7, 11) is 0. The van der Waals surface area contributed by atoms with Gasteiger partial charge in [0.15, 0.2) is 0 Å². The quantitative estimate of drug-likeness (QED) is 0.541. The summed E-state index contributed by atoms with van der Waals surface area (Å²) >= 11 is 0. The second kappa shape index (κ2) is 11.6. The summed E-state index contributed by atoms with van der Waals surface area (Å²) in [6.07, 6.45) is 7.64. The Hall–Kier alpha value is -2.21. The van der Waals surface area contributed by atoms with E-state index in [4.69, 9.17) is 5.73 Å². The minimum absolute atomic E-state index is 0.135. The van der Waals surface area contributed by atoms with Crippen molar-refractivity contribution < 1.29 is 4.79 Å². The topological polar surface area (TPSA) is 92.1 Å². The molecule has 0 fully saturated rings. The van der Waals surface area contributed by atoms with Crippen molar-refractivity contribution in [1.29, 1.82) is 0 Å². The van der Waals surface area contributed by atoms with Crippen LogP contribution in [0.25, 0.3) is 10.9 Å². The average molecular weight is 387 g/mol. The lowest BCUT2D eigenvalue weighted by Gasteiger charge is -2.29. The average Bonchev–Trinajstić information content (AvgIpc) is 2.70. The maximum absolute atomic E-state index is 12.9. The van der Waals surface area contributed by atoms with Gasteiger partial charge in [-0.2, -0.15) is 0 Å². The number of H-pyrrole nitrogens is 1. The second-order valence-corrected chi connectivity index (χ2v) is 7.39. The number of para-hydroxylation sites is 1. The van der Waals surface area contributed by atoms with Gasteiger partial charge in [-0.15, -0.1) is 0 Å². The lowest BCUT2D eigenvalue weighted by Crippen LogP contribution is -2.36. The molecule has 0 saturated carbocycles. The van der Waals surface area contributed by atoms with Gasteiger partial charge in [0, 0.05) is 13.0 Å². The number of hydrogen-bond acceptors (Lipinski definition) is 4. The Kier molecular flexibility index (Phi) is 9.14. The summed E-state index contributed by atoms with van der Waals surface area (Å²) in [5, 5.41) is 0.570. The summed E-state index contributed by atoms with van der Waals surface area (Å²) in [4.78, 5) is 34.7. The maximum atomic E-state index is 12.9. The molecule has 1 aromatic carbocycles. The molecule has 0 aliphatic heterocycles. The smallest absolute Gasteiger partial charge is 0.258 e. The number of hydrogen-bond donors (Lipinski definition) is 2. The minimum Gasteiger partial charge on any atom is -0.333 e. The first-order valence-corrected chi connectivity index (χ1v) is 10.6. The summed E-state index contributed by atoms with van der Waals surface area (Å²) in [6, 6.07) is 7.03. The Morgan fingerprint density at radius 2 is 1.89 bits per heavy atom. The van der Waals surface area contributed by atoms with E-state index in [1.54, 1.807) is 6.07 Å². The number of rotatable bonds is 12. The van der Waals surface area contributed by atoms with E-state index in [1.807, 2.05) is 30.0 Å². The molecule has 1 atom stereocenters. The molecular weight excluding hydrogens is 352 g/mol. The Labute approximate surface area is 167 Å². The van der Waals surface area contributed by atoms with Crippen LogP contribution in [0.2, 0.25) is 0 Å². The molecule has 1 amide bonds. The van der Waals surface area contributed by atoms with Crippen molar-refractivity contribution >= 4 is 16.8 Å². The fourth-order valence-corrected chi connectivity index (χ4v) is 3.43. The van der Waals surface area contributed by atoms with Crippen molar-refractivity contribution in [3.63, 3.8) is 0 Å². The number of unbranched alkanes of at least 4 members (excludes halogenated alkanes) is 5. The monoisotopic (exact) mass is 386 g/mol. The van der Waals surface area contributed by atoms with Crippen molar-refractivity contribution in [3.8, 4) is 0 Å². The number of carbonyl (C=O) groups excluding carboxylic acids is 1. The minimum atomic E-state index is -0.263. The van der Waals surface area contributed by atoms with Crippen LogP contribution < -0.4 is 11.3 Å². The molecule has 1 heterocycles.